The van der Waals surface area contributed by atoms with Crippen LogP contribution in [0, 0.1) is 0 Å². The second kappa shape index (κ2) is 8.00. The molecule has 0 unspecified atom stereocenters. The van der Waals surface area contributed by atoms with E-state index in [-0.39, 0.29) is 27.0 Å². The van der Waals surface area contributed by atoms with Crippen LogP contribution in [0.2, 0.25) is 5.02 Å². The first-order valence-corrected chi connectivity index (χ1v) is 10.00. The second-order valence-electron chi connectivity index (χ2n) is 5.95. The average molecular weight is 460 g/mol. The number of amides is 1. The summed E-state index contributed by atoms with van der Waals surface area (Å²) in [6.45, 7) is 0. The maximum Gasteiger partial charge on any atom is 0.416 e. The van der Waals surface area contributed by atoms with Crippen LogP contribution in [-0.4, -0.2) is 31.0 Å². The van der Waals surface area contributed by atoms with Gasteiger partial charge in [-0.05, 0) is 30.3 Å². The molecule has 0 saturated heterocycles. The highest BCUT2D eigenvalue weighted by molar-refractivity contribution is 7.90. The molecule has 0 aliphatic carbocycles. The zero-order chi connectivity index (χ0) is 22.1. The third kappa shape index (κ3) is 4.57. The number of methoxy groups -OCH3 is 1. The summed E-state index contributed by atoms with van der Waals surface area (Å²) >= 11 is 5.91. The molecule has 0 bridgehead atoms. The molecule has 1 amide bonds. The van der Waals surface area contributed by atoms with Crippen LogP contribution in [0.4, 0.5) is 13.2 Å². The van der Waals surface area contributed by atoms with Crippen molar-refractivity contribution in [3.63, 3.8) is 0 Å². The molecule has 30 heavy (non-hydrogen) atoms. The van der Waals surface area contributed by atoms with Gasteiger partial charge in [-0.25, -0.2) is 18.1 Å². The summed E-state index contributed by atoms with van der Waals surface area (Å²) in [5, 5.41) is -0.134. The van der Waals surface area contributed by atoms with Gasteiger partial charge in [-0.15, -0.1) is 0 Å². The smallest absolute Gasteiger partial charge is 0.416 e. The maximum absolute atomic E-state index is 12.9. The number of hydrogen-bond acceptors (Lipinski definition) is 5. The predicted octanol–water partition coefficient (Wildman–Crippen LogP) is 3.67. The molecule has 0 atom stereocenters. The Morgan fingerprint density at radius 2 is 1.93 bits per heavy atom. The van der Waals surface area contributed by atoms with E-state index < -0.39 is 27.7 Å². The van der Waals surface area contributed by atoms with E-state index in [4.69, 9.17) is 16.3 Å². The van der Waals surface area contributed by atoms with Crippen LogP contribution < -0.4 is 9.46 Å². The highest BCUT2D eigenvalue weighted by atomic mass is 35.5. The summed E-state index contributed by atoms with van der Waals surface area (Å²) in [6, 6.07) is 8.23. The third-order valence-corrected chi connectivity index (χ3v) is 5.75. The van der Waals surface area contributed by atoms with Gasteiger partial charge in [0.15, 0.2) is 0 Å². The van der Waals surface area contributed by atoms with Crippen LogP contribution in [0.3, 0.4) is 0 Å². The van der Waals surface area contributed by atoms with Gasteiger partial charge in [0.25, 0.3) is 15.9 Å². The highest BCUT2D eigenvalue weighted by Crippen LogP contribution is 2.30. The van der Waals surface area contributed by atoms with Gasteiger partial charge >= 0.3 is 6.18 Å². The Bertz CT molecular complexity index is 1210. The lowest BCUT2D eigenvalue weighted by Crippen LogP contribution is -2.31. The van der Waals surface area contributed by atoms with Crippen LogP contribution in [0.25, 0.3) is 5.69 Å². The minimum atomic E-state index is -4.54. The molecule has 7 nitrogen and oxygen atoms in total. The molecular weight excluding hydrogens is 447 g/mol. The summed E-state index contributed by atoms with van der Waals surface area (Å²) in [4.78, 5) is 15.7. The van der Waals surface area contributed by atoms with Crippen molar-refractivity contribution in [2.75, 3.05) is 7.11 Å². The van der Waals surface area contributed by atoms with E-state index in [0.717, 1.165) is 35.3 Å². The zero-order valence-corrected chi connectivity index (χ0v) is 16.7. The minimum Gasteiger partial charge on any atom is -0.497 e. The maximum atomic E-state index is 12.9. The molecular formula is C18H13ClF3N3O4S. The topological polar surface area (TPSA) is 90.3 Å². The number of rotatable bonds is 5. The molecule has 3 rings (SSSR count). The van der Waals surface area contributed by atoms with Crippen LogP contribution in [0.1, 0.15) is 16.1 Å². The van der Waals surface area contributed by atoms with Crippen LogP contribution in [0.15, 0.2) is 59.9 Å². The molecule has 0 fully saturated rings. The van der Waals surface area contributed by atoms with Gasteiger partial charge in [0.1, 0.15) is 22.7 Å². The van der Waals surface area contributed by atoms with Crippen molar-refractivity contribution in [1.82, 2.24) is 14.3 Å². The second-order valence-corrected chi connectivity index (χ2v) is 8.00. The standard InChI is InChI=1S/C18H13ClF3N3O4S/c1-29-13-5-6-14(19)16(8-13)30(27,28)24-17(26)15-9-25(10-23-15)12-4-2-3-11(7-12)18(20,21)22/h2-10H,1H3,(H,24,26). The van der Waals surface area contributed by atoms with Gasteiger partial charge in [-0.1, -0.05) is 17.7 Å². The molecule has 3 aromatic rings. The molecule has 158 valence electrons. The summed E-state index contributed by atoms with van der Waals surface area (Å²) in [6.07, 6.45) is -2.34. The largest absolute Gasteiger partial charge is 0.497 e. The normalized spacial score (nSPS) is 11.9. The number of imidazole rings is 1. The van der Waals surface area contributed by atoms with Crippen LogP contribution >= 0.6 is 11.6 Å². The fourth-order valence-electron chi connectivity index (χ4n) is 2.47. The van der Waals surface area contributed by atoms with E-state index in [1.807, 2.05) is 4.72 Å². The highest BCUT2D eigenvalue weighted by Gasteiger charge is 2.30. The number of nitrogens with one attached hydrogen (secondary N) is 1. The lowest BCUT2D eigenvalue weighted by atomic mass is 10.2. The molecule has 2 aromatic carbocycles. The van der Waals surface area contributed by atoms with Crippen LogP contribution in [0.5, 0.6) is 5.75 Å². The Morgan fingerprint density at radius 3 is 2.60 bits per heavy atom. The molecule has 1 aromatic heterocycles. The monoisotopic (exact) mass is 459 g/mol. The average Bonchev–Trinajstić information content (AvgIpc) is 3.18. The lowest BCUT2D eigenvalue weighted by molar-refractivity contribution is -0.137. The summed E-state index contributed by atoms with van der Waals surface area (Å²) < 4.78 is 71.6. The predicted molar refractivity (Wildman–Crippen MR) is 101 cm³/mol. The van der Waals surface area contributed by atoms with Gasteiger partial charge in [0, 0.05) is 18.0 Å². The summed E-state index contributed by atoms with van der Waals surface area (Å²) in [5.41, 5.74) is -1.11. The number of hydrogen-bond donors (Lipinski definition) is 1. The number of sulfonamides is 1. The van der Waals surface area contributed by atoms with Gasteiger partial charge in [-0.3, -0.25) is 4.79 Å². The van der Waals surface area contributed by atoms with Crippen molar-refractivity contribution in [2.24, 2.45) is 0 Å². The van der Waals surface area contributed by atoms with E-state index in [2.05, 4.69) is 4.98 Å². The molecule has 12 heteroatoms. The number of nitrogens with zero attached hydrogens (tertiary/aromatic N) is 2. The van der Waals surface area contributed by atoms with Crippen molar-refractivity contribution < 1.29 is 31.1 Å². The SMILES string of the molecule is COc1ccc(Cl)c(S(=O)(=O)NC(=O)c2cn(-c3cccc(C(F)(F)F)c3)cn2)c1. The molecule has 0 spiro atoms. The number of carbonyl (C=O) groups is 1. The fourth-order valence-corrected chi connectivity index (χ4v) is 3.95. The molecule has 0 aliphatic rings. The van der Waals surface area contributed by atoms with Crippen molar-refractivity contribution >= 4 is 27.5 Å². The summed E-state index contributed by atoms with van der Waals surface area (Å²) in [5.74, 6) is -0.874. The number of benzene rings is 2. The lowest BCUT2D eigenvalue weighted by Gasteiger charge is -2.09. The Labute approximate surface area is 174 Å². The summed E-state index contributed by atoms with van der Waals surface area (Å²) in [7, 11) is -3.03. The minimum absolute atomic E-state index is 0.0927. The van der Waals surface area contributed by atoms with E-state index in [1.54, 1.807) is 0 Å². The van der Waals surface area contributed by atoms with E-state index in [1.165, 1.54) is 31.4 Å². The molecule has 0 aliphatic heterocycles. The Balaban J connectivity index is 1.85. The van der Waals surface area contributed by atoms with E-state index in [0.29, 0.717) is 0 Å². The van der Waals surface area contributed by atoms with E-state index in [9.17, 15) is 26.4 Å². The van der Waals surface area contributed by atoms with Crippen LogP contribution in [-0.2, 0) is 16.2 Å². The molecule has 1 N–H and O–H groups in total. The van der Waals surface area contributed by atoms with Crippen molar-refractivity contribution in [1.29, 1.82) is 0 Å². The van der Waals surface area contributed by atoms with Crippen molar-refractivity contribution in [2.45, 2.75) is 11.1 Å². The Morgan fingerprint density at radius 1 is 1.20 bits per heavy atom. The number of carbonyl (C=O) groups excluding carboxylic acids is 1. The van der Waals surface area contributed by atoms with E-state index >= 15 is 0 Å². The quantitative estimate of drug-likeness (QED) is 0.628. The van der Waals surface area contributed by atoms with Gasteiger partial charge in [0.2, 0.25) is 0 Å². The number of aromatic nitrogens is 2. The Kier molecular flexibility index (Phi) is 5.77. The van der Waals surface area contributed by atoms with Gasteiger partial charge < -0.3 is 9.30 Å². The molecule has 1 heterocycles. The van der Waals surface area contributed by atoms with Crippen molar-refractivity contribution in [3.05, 3.63) is 71.3 Å². The number of ether oxygens (including phenoxy) is 1. The fraction of sp³-hybridized carbons (Fsp3) is 0.111. The number of halogens is 4. The molecule has 0 saturated carbocycles. The first kappa shape index (κ1) is 21.7. The third-order valence-electron chi connectivity index (χ3n) is 3.94. The molecule has 0 radical (unpaired) electrons. The van der Waals surface area contributed by atoms with Crippen molar-refractivity contribution in [3.8, 4) is 11.4 Å². The zero-order valence-electron chi connectivity index (χ0n) is 15.1. The van der Waals surface area contributed by atoms with Gasteiger partial charge in [0.05, 0.1) is 17.7 Å². The van der Waals surface area contributed by atoms with Gasteiger partial charge in [-0.2, -0.15) is 13.2 Å². The first-order chi connectivity index (χ1) is 14.0. The number of alkyl halides is 3. The Hall–Kier alpha value is -3.05. The first-order valence-electron chi connectivity index (χ1n) is 8.13.